The highest BCUT2D eigenvalue weighted by Gasteiger charge is 2.22. The molecule has 0 aliphatic carbocycles. The monoisotopic (exact) mass is 216 g/mol. The zero-order chi connectivity index (χ0) is 11.0. The molecule has 2 aromatic rings. The van der Waals surface area contributed by atoms with Crippen LogP contribution < -0.4 is 5.32 Å². The summed E-state index contributed by atoms with van der Waals surface area (Å²) < 4.78 is 4.87. The van der Waals surface area contributed by atoms with Crippen molar-refractivity contribution in [1.29, 1.82) is 0 Å². The topological polar surface area (TPSA) is 54.1 Å². The number of H-pyrrole nitrogens is 1. The Balaban J connectivity index is 1.86. The van der Waals surface area contributed by atoms with Gasteiger partial charge < -0.3 is 15.0 Å². The van der Waals surface area contributed by atoms with Crippen LogP contribution in [-0.2, 0) is 11.2 Å². The molecule has 1 fully saturated rings. The van der Waals surface area contributed by atoms with Gasteiger partial charge >= 0.3 is 6.09 Å². The van der Waals surface area contributed by atoms with Crippen LogP contribution in [0.4, 0.5) is 4.79 Å². The van der Waals surface area contributed by atoms with Gasteiger partial charge in [0.15, 0.2) is 0 Å². The molecule has 82 valence electrons. The summed E-state index contributed by atoms with van der Waals surface area (Å²) in [6.45, 7) is 0.457. The maximum atomic E-state index is 10.9. The van der Waals surface area contributed by atoms with Gasteiger partial charge in [-0.3, -0.25) is 0 Å². The van der Waals surface area contributed by atoms with Crippen molar-refractivity contribution < 1.29 is 9.53 Å². The summed E-state index contributed by atoms with van der Waals surface area (Å²) in [5.41, 5.74) is 2.34. The van der Waals surface area contributed by atoms with Crippen LogP contribution in [0.25, 0.3) is 10.9 Å². The number of fused-ring (bicyclic) bond motifs is 1. The Kier molecular flexibility index (Phi) is 2.06. The van der Waals surface area contributed by atoms with Crippen molar-refractivity contribution in [2.24, 2.45) is 0 Å². The molecule has 4 nitrogen and oxygen atoms in total. The molecule has 2 N–H and O–H groups in total. The number of benzene rings is 1. The quantitative estimate of drug-likeness (QED) is 0.804. The fourth-order valence-corrected chi connectivity index (χ4v) is 2.10. The first-order valence-electron chi connectivity index (χ1n) is 5.31. The highest BCUT2D eigenvalue weighted by atomic mass is 16.6. The van der Waals surface area contributed by atoms with Crippen molar-refractivity contribution >= 4 is 17.0 Å². The van der Waals surface area contributed by atoms with Crippen molar-refractivity contribution in [3.63, 3.8) is 0 Å². The number of carbonyl (C=O) groups excluding carboxylic acids is 1. The SMILES string of the molecule is O=C1NC(Cc2c[nH]c3ccccc23)CO1. The van der Waals surface area contributed by atoms with Crippen LogP contribution in [0.5, 0.6) is 0 Å². The number of ether oxygens (including phenoxy) is 1. The van der Waals surface area contributed by atoms with E-state index >= 15 is 0 Å². The molecule has 16 heavy (non-hydrogen) atoms. The average molecular weight is 216 g/mol. The smallest absolute Gasteiger partial charge is 0.407 e. The van der Waals surface area contributed by atoms with Gasteiger partial charge in [-0.05, 0) is 18.1 Å². The Morgan fingerprint density at radius 3 is 3.06 bits per heavy atom. The number of nitrogens with one attached hydrogen (secondary N) is 2. The Bertz CT molecular complexity index is 533. The van der Waals surface area contributed by atoms with Crippen LogP contribution in [0.2, 0.25) is 0 Å². The minimum absolute atomic E-state index is 0.0895. The molecule has 1 aliphatic heterocycles. The Morgan fingerprint density at radius 1 is 1.38 bits per heavy atom. The number of aromatic nitrogens is 1. The summed E-state index contributed by atoms with van der Waals surface area (Å²) in [5, 5.41) is 3.99. The van der Waals surface area contributed by atoms with Gasteiger partial charge in [-0.2, -0.15) is 0 Å². The van der Waals surface area contributed by atoms with Gasteiger partial charge in [0.1, 0.15) is 6.61 Å². The van der Waals surface area contributed by atoms with E-state index < -0.39 is 0 Å². The molecule has 1 aliphatic rings. The summed E-state index contributed by atoms with van der Waals surface area (Å²) >= 11 is 0. The molecule has 0 saturated carbocycles. The number of para-hydroxylation sites is 1. The summed E-state index contributed by atoms with van der Waals surface area (Å²) in [4.78, 5) is 14.1. The number of carbonyl (C=O) groups is 1. The average Bonchev–Trinajstić information content (AvgIpc) is 2.87. The van der Waals surface area contributed by atoms with Gasteiger partial charge in [-0.25, -0.2) is 4.79 Å². The fourth-order valence-electron chi connectivity index (χ4n) is 2.10. The summed E-state index contributed by atoms with van der Waals surface area (Å²) in [6.07, 6.45) is 2.48. The predicted octanol–water partition coefficient (Wildman–Crippen LogP) is 1.82. The molecule has 3 rings (SSSR count). The molecule has 0 bridgehead atoms. The number of hydrogen-bond donors (Lipinski definition) is 2. The molecule has 0 spiro atoms. The van der Waals surface area contributed by atoms with E-state index in [1.165, 1.54) is 10.9 Å². The number of aromatic amines is 1. The first-order chi connectivity index (χ1) is 7.83. The van der Waals surface area contributed by atoms with E-state index in [1.807, 2.05) is 24.4 Å². The van der Waals surface area contributed by atoms with Gasteiger partial charge in [0.05, 0.1) is 6.04 Å². The molecule has 1 aromatic heterocycles. The van der Waals surface area contributed by atoms with Crippen molar-refractivity contribution in [3.05, 3.63) is 36.0 Å². The molecule has 0 radical (unpaired) electrons. The summed E-state index contributed by atoms with van der Waals surface area (Å²) in [6, 6.07) is 8.24. The highest BCUT2D eigenvalue weighted by Crippen LogP contribution is 2.19. The Hall–Kier alpha value is -1.97. The predicted molar refractivity (Wildman–Crippen MR) is 60.3 cm³/mol. The lowest BCUT2D eigenvalue weighted by Crippen LogP contribution is -2.28. The zero-order valence-electron chi connectivity index (χ0n) is 8.69. The molecule has 4 heteroatoms. The molecule has 1 amide bonds. The second-order valence-corrected chi connectivity index (χ2v) is 4.00. The van der Waals surface area contributed by atoms with Gasteiger partial charge in [-0.15, -0.1) is 0 Å². The molecule has 2 heterocycles. The third-order valence-electron chi connectivity index (χ3n) is 2.88. The van der Waals surface area contributed by atoms with E-state index in [-0.39, 0.29) is 12.1 Å². The maximum absolute atomic E-state index is 10.9. The second kappa shape index (κ2) is 3.56. The number of rotatable bonds is 2. The van der Waals surface area contributed by atoms with Gasteiger partial charge in [0, 0.05) is 17.1 Å². The van der Waals surface area contributed by atoms with E-state index in [0.29, 0.717) is 6.61 Å². The van der Waals surface area contributed by atoms with Crippen molar-refractivity contribution in [3.8, 4) is 0 Å². The normalized spacial score (nSPS) is 19.8. The number of hydrogen-bond acceptors (Lipinski definition) is 2. The third-order valence-corrected chi connectivity index (χ3v) is 2.88. The largest absolute Gasteiger partial charge is 0.447 e. The molecule has 1 saturated heterocycles. The zero-order valence-corrected chi connectivity index (χ0v) is 8.69. The lowest BCUT2D eigenvalue weighted by atomic mass is 10.1. The van der Waals surface area contributed by atoms with Gasteiger partial charge in [0.25, 0.3) is 0 Å². The van der Waals surface area contributed by atoms with Crippen molar-refractivity contribution in [1.82, 2.24) is 10.3 Å². The fraction of sp³-hybridized carbons (Fsp3) is 0.250. The molecule has 1 atom stereocenters. The third kappa shape index (κ3) is 1.52. The maximum Gasteiger partial charge on any atom is 0.407 e. The van der Waals surface area contributed by atoms with Crippen LogP contribution >= 0.6 is 0 Å². The minimum Gasteiger partial charge on any atom is -0.447 e. The van der Waals surface area contributed by atoms with Crippen LogP contribution in [0, 0.1) is 0 Å². The number of amides is 1. The molecular weight excluding hydrogens is 204 g/mol. The summed E-state index contributed by atoms with van der Waals surface area (Å²) in [7, 11) is 0. The molecular formula is C12H12N2O2. The van der Waals surface area contributed by atoms with Crippen LogP contribution in [0.3, 0.4) is 0 Å². The van der Waals surface area contributed by atoms with Crippen LogP contribution in [0.1, 0.15) is 5.56 Å². The molecule has 1 aromatic carbocycles. The van der Waals surface area contributed by atoms with Gasteiger partial charge in [0.2, 0.25) is 0 Å². The van der Waals surface area contributed by atoms with E-state index in [4.69, 9.17) is 4.74 Å². The standard InChI is InChI=1S/C12H12N2O2/c15-12-14-9(7-16-12)5-8-6-13-11-4-2-1-3-10(8)11/h1-4,6,9,13H,5,7H2,(H,14,15). The Labute approximate surface area is 92.6 Å². The van der Waals surface area contributed by atoms with E-state index in [9.17, 15) is 4.79 Å². The van der Waals surface area contributed by atoms with Crippen molar-refractivity contribution in [2.45, 2.75) is 12.5 Å². The van der Waals surface area contributed by atoms with E-state index in [1.54, 1.807) is 0 Å². The number of alkyl carbamates (subject to hydrolysis) is 1. The van der Waals surface area contributed by atoms with Gasteiger partial charge in [-0.1, -0.05) is 18.2 Å². The van der Waals surface area contributed by atoms with E-state index in [0.717, 1.165) is 11.9 Å². The second-order valence-electron chi connectivity index (χ2n) is 4.00. The lowest BCUT2D eigenvalue weighted by molar-refractivity contribution is 0.177. The summed E-state index contributed by atoms with van der Waals surface area (Å²) in [5.74, 6) is 0. The number of cyclic esters (lactones) is 1. The van der Waals surface area contributed by atoms with E-state index in [2.05, 4.69) is 16.4 Å². The minimum atomic E-state index is -0.315. The van der Waals surface area contributed by atoms with Crippen LogP contribution in [-0.4, -0.2) is 23.7 Å². The van der Waals surface area contributed by atoms with Crippen LogP contribution in [0.15, 0.2) is 30.5 Å². The van der Waals surface area contributed by atoms with Crippen molar-refractivity contribution in [2.75, 3.05) is 6.61 Å². The molecule has 1 unspecified atom stereocenters. The first kappa shape index (κ1) is 9.27. The first-order valence-corrected chi connectivity index (χ1v) is 5.31. The highest BCUT2D eigenvalue weighted by molar-refractivity contribution is 5.83. The lowest BCUT2D eigenvalue weighted by Gasteiger charge is -2.05. The Morgan fingerprint density at radius 2 is 2.25 bits per heavy atom.